The van der Waals surface area contributed by atoms with Crippen LogP contribution in [0.5, 0.6) is 0 Å². The van der Waals surface area contributed by atoms with Crippen LogP contribution in [0, 0.1) is 5.92 Å². The van der Waals surface area contributed by atoms with Gasteiger partial charge in [-0.2, -0.15) is 4.98 Å². The highest BCUT2D eigenvalue weighted by molar-refractivity contribution is 5.92. The maximum absolute atomic E-state index is 11.0. The number of rotatable bonds is 3. The Balaban J connectivity index is 1.91. The molecule has 1 aromatic carbocycles. The van der Waals surface area contributed by atoms with Crippen molar-refractivity contribution >= 4 is 23.1 Å². The van der Waals surface area contributed by atoms with E-state index >= 15 is 0 Å². The van der Waals surface area contributed by atoms with Gasteiger partial charge in [-0.25, -0.2) is 4.79 Å². The number of aromatic nitrogens is 1. The van der Waals surface area contributed by atoms with Gasteiger partial charge in [0.05, 0.1) is 5.56 Å². The van der Waals surface area contributed by atoms with Gasteiger partial charge in [0.2, 0.25) is 0 Å². The molecule has 0 bridgehead atoms. The largest absolute Gasteiger partial charge is 0.478 e. The smallest absolute Gasteiger partial charge is 0.335 e. The van der Waals surface area contributed by atoms with Crippen molar-refractivity contribution in [2.24, 2.45) is 5.92 Å². The van der Waals surface area contributed by atoms with E-state index < -0.39 is 5.97 Å². The number of fused-ring (bicyclic) bond motifs is 1. The monoisotopic (exact) mass is 288 g/mol. The average molecular weight is 288 g/mol. The number of hydrogen-bond donors (Lipinski definition) is 1. The van der Waals surface area contributed by atoms with Gasteiger partial charge in [0.1, 0.15) is 5.52 Å². The summed E-state index contributed by atoms with van der Waals surface area (Å²) in [5.41, 5.74) is 1.45. The Morgan fingerprint density at radius 2 is 2.14 bits per heavy atom. The maximum Gasteiger partial charge on any atom is 0.335 e. The van der Waals surface area contributed by atoms with Crippen LogP contribution in [0.1, 0.15) is 43.0 Å². The Hall–Kier alpha value is -2.04. The molecular formula is C16H20N2O3. The van der Waals surface area contributed by atoms with Crippen LogP contribution in [0.3, 0.4) is 0 Å². The van der Waals surface area contributed by atoms with Gasteiger partial charge in [0.25, 0.3) is 6.01 Å². The van der Waals surface area contributed by atoms with E-state index in [2.05, 4.69) is 16.8 Å². The lowest BCUT2D eigenvalue weighted by Gasteiger charge is -2.35. The topological polar surface area (TPSA) is 66.6 Å². The van der Waals surface area contributed by atoms with E-state index in [4.69, 9.17) is 9.52 Å². The number of anilines is 1. The summed E-state index contributed by atoms with van der Waals surface area (Å²) in [5, 5.41) is 9.03. The van der Waals surface area contributed by atoms with Crippen LogP contribution in [-0.2, 0) is 0 Å². The van der Waals surface area contributed by atoms with Crippen LogP contribution in [0.2, 0.25) is 0 Å². The Morgan fingerprint density at radius 3 is 2.86 bits per heavy atom. The average Bonchev–Trinajstić information content (AvgIpc) is 2.89. The summed E-state index contributed by atoms with van der Waals surface area (Å²) in [6, 6.07) is 5.80. The van der Waals surface area contributed by atoms with Crippen molar-refractivity contribution in [3.8, 4) is 0 Å². The molecule has 3 rings (SSSR count). The van der Waals surface area contributed by atoms with E-state index in [0.29, 0.717) is 29.1 Å². The van der Waals surface area contributed by atoms with Crippen molar-refractivity contribution in [3.05, 3.63) is 23.8 Å². The molecule has 1 heterocycles. The Morgan fingerprint density at radius 1 is 1.38 bits per heavy atom. The molecule has 1 aliphatic rings. The van der Waals surface area contributed by atoms with Crippen molar-refractivity contribution < 1.29 is 14.3 Å². The summed E-state index contributed by atoms with van der Waals surface area (Å²) in [6.07, 6.45) is 4.92. The van der Waals surface area contributed by atoms with E-state index in [-0.39, 0.29) is 5.56 Å². The maximum atomic E-state index is 11.0. The molecule has 1 aromatic heterocycles. The third-order valence-electron chi connectivity index (χ3n) is 4.49. The predicted octanol–water partition coefficient (Wildman–Crippen LogP) is 3.54. The van der Waals surface area contributed by atoms with Gasteiger partial charge in [-0.15, -0.1) is 0 Å². The number of nitrogens with zero attached hydrogens (tertiary/aromatic N) is 2. The van der Waals surface area contributed by atoms with Crippen molar-refractivity contribution in [1.82, 2.24) is 4.98 Å². The summed E-state index contributed by atoms with van der Waals surface area (Å²) in [5.74, 6) is -0.336. The fourth-order valence-corrected chi connectivity index (χ4v) is 3.21. The molecule has 2 unspecified atom stereocenters. The summed E-state index contributed by atoms with van der Waals surface area (Å²) < 4.78 is 5.77. The summed E-state index contributed by atoms with van der Waals surface area (Å²) in [7, 11) is 2.01. The van der Waals surface area contributed by atoms with Crippen LogP contribution in [-0.4, -0.2) is 29.1 Å². The highest BCUT2D eigenvalue weighted by Gasteiger charge is 2.27. The second-order valence-corrected chi connectivity index (χ2v) is 5.92. The summed E-state index contributed by atoms with van der Waals surface area (Å²) in [6.45, 7) is 2.27. The number of hydrogen-bond acceptors (Lipinski definition) is 4. The summed E-state index contributed by atoms with van der Waals surface area (Å²) in [4.78, 5) is 17.6. The predicted molar refractivity (Wildman–Crippen MR) is 80.8 cm³/mol. The first kappa shape index (κ1) is 13.9. The van der Waals surface area contributed by atoms with Gasteiger partial charge >= 0.3 is 5.97 Å². The molecule has 1 saturated carbocycles. The minimum absolute atomic E-state index is 0.221. The second kappa shape index (κ2) is 5.39. The zero-order chi connectivity index (χ0) is 15.0. The van der Waals surface area contributed by atoms with Crippen molar-refractivity contribution in [3.63, 3.8) is 0 Å². The zero-order valence-electron chi connectivity index (χ0n) is 12.4. The molecule has 1 fully saturated rings. The van der Waals surface area contributed by atoms with Gasteiger partial charge in [-0.05, 0) is 37.0 Å². The molecule has 1 aliphatic carbocycles. The Labute approximate surface area is 123 Å². The molecular weight excluding hydrogens is 268 g/mol. The lowest BCUT2D eigenvalue weighted by molar-refractivity contribution is 0.0697. The van der Waals surface area contributed by atoms with E-state index in [1.807, 2.05) is 7.05 Å². The first-order valence-electron chi connectivity index (χ1n) is 7.43. The van der Waals surface area contributed by atoms with Crippen LogP contribution >= 0.6 is 0 Å². The van der Waals surface area contributed by atoms with Crippen LogP contribution in [0.15, 0.2) is 22.6 Å². The number of oxazole rings is 1. The molecule has 112 valence electrons. The fourth-order valence-electron chi connectivity index (χ4n) is 3.21. The molecule has 0 radical (unpaired) electrons. The van der Waals surface area contributed by atoms with Gasteiger partial charge in [0.15, 0.2) is 5.58 Å². The van der Waals surface area contributed by atoms with E-state index in [9.17, 15) is 4.79 Å². The first-order valence-corrected chi connectivity index (χ1v) is 7.43. The third-order valence-corrected chi connectivity index (χ3v) is 4.49. The number of aromatic carboxylic acids is 1. The van der Waals surface area contributed by atoms with Crippen LogP contribution in [0.25, 0.3) is 11.1 Å². The minimum atomic E-state index is -0.955. The zero-order valence-corrected chi connectivity index (χ0v) is 12.4. The molecule has 2 atom stereocenters. The van der Waals surface area contributed by atoms with Crippen LogP contribution < -0.4 is 4.90 Å². The second-order valence-electron chi connectivity index (χ2n) is 5.92. The van der Waals surface area contributed by atoms with Gasteiger partial charge in [-0.3, -0.25) is 0 Å². The van der Waals surface area contributed by atoms with Gasteiger partial charge in [0, 0.05) is 13.1 Å². The Kier molecular flexibility index (Phi) is 3.57. The van der Waals surface area contributed by atoms with Crippen molar-refractivity contribution in [1.29, 1.82) is 0 Å². The molecule has 21 heavy (non-hydrogen) atoms. The summed E-state index contributed by atoms with van der Waals surface area (Å²) >= 11 is 0. The number of carboxylic acid groups (broad SMARTS) is 1. The minimum Gasteiger partial charge on any atom is -0.478 e. The lowest BCUT2D eigenvalue weighted by atomic mass is 9.85. The van der Waals surface area contributed by atoms with E-state index in [1.54, 1.807) is 12.1 Å². The highest BCUT2D eigenvalue weighted by Crippen LogP contribution is 2.31. The molecule has 1 N–H and O–H groups in total. The molecule has 5 heteroatoms. The van der Waals surface area contributed by atoms with E-state index in [1.165, 1.54) is 25.3 Å². The van der Waals surface area contributed by atoms with Crippen LogP contribution in [0.4, 0.5) is 6.01 Å². The molecule has 0 aliphatic heterocycles. The number of benzene rings is 1. The molecule has 0 spiro atoms. The standard InChI is InChI=1S/C16H20N2O3/c1-10-5-3-4-6-13(10)18(2)16-17-12-8-7-11(15(19)20)9-14(12)21-16/h7-10,13H,3-6H2,1-2H3,(H,19,20). The fraction of sp³-hybridized carbons (Fsp3) is 0.500. The van der Waals surface area contributed by atoms with Gasteiger partial charge < -0.3 is 14.4 Å². The quantitative estimate of drug-likeness (QED) is 0.935. The molecule has 0 saturated heterocycles. The normalized spacial score (nSPS) is 22.4. The highest BCUT2D eigenvalue weighted by atomic mass is 16.4. The molecule has 0 amide bonds. The molecule has 2 aromatic rings. The lowest BCUT2D eigenvalue weighted by Crippen LogP contribution is -2.39. The SMILES string of the molecule is CC1CCCCC1N(C)c1nc2ccc(C(=O)O)cc2o1. The van der Waals surface area contributed by atoms with Gasteiger partial charge in [-0.1, -0.05) is 19.8 Å². The van der Waals surface area contributed by atoms with Crippen molar-refractivity contribution in [2.45, 2.75) is 38.6 Å². The first-order chi connectivity index (χ1) is 10.1. The third kappa shape index (κ3) is 2.60. The Bertz CT molecular complexity index is 665. The molecule has 5 nitrogen and oxygen atoms in total. The van der Waals surface area contributed by atoms with E-state index in [0.717, 1.165) is 6.42 Å². The number of carbonyl (C=O) groups is 1. The van der Waals surface area contributed by atoms with Crippen molar-refractivity contribution in [2.75, 3.05) is 11.9 Å². The number of carboxylic acids is 1.